The Morgan fingerprint density at radius 2 is 0.814 bits per heavy atom. The molecule has 0 amide bonds. The fraction of sp³-hybridized carbons (Fsp3) is 0. The van der Waals surface area contributed by atoms with Gasteiger partial charge in [0.1, 0.15) is 5.52 Å². The summed E-state index contributed by atoms with van der Waals surface area (Å²) in [5.74, 6) is 2.36. The summed E-state index contributed by atoms with van der Waals surface area (Å²) in [6.45, 7) is 0. The molecule has 0 saturated carbocycles. The molecule has 5 heteroatoms. The molecule has 59 heavy (non-hydrogen) atoms. The van der Waals surface area contributed by atoms with Crippen molar-refractivity contribution in [3.05, 3.63) is 206 Å². The highest BCUT2D eigenvalue weighted by molar-refractivity contribution is 6.12. The molecule has 0 bridgehead atoms. The minimum Gasteiger partial charge on any atom is -0.435 e. The first-order chi connectivity index (χ1) is 29.2. The van der Waals surface area contributed by atoms with E-state index in [1.165, 1.54) is 0 Å². The van der Waals surface area contributed by atoms with Gasteiger partial charge < -0.3 is 4.42 Å². The van der Waals surface area contributed by atoms with E-state index in [9.17, 15) is 0 Å². The van der Waals surface area contributed by atoms with Gasteiger partial charge in [-0.15, -0.1) is 0 Å². The predicted molar refractivity (Wildman–Crippen MR) is 240 cm³/mol. The van der Waals surface area contributed by atoms with E-state index >= 15 is 0 Å². The van der Waals surface area contributed by atoms with Crippen LogP contribution < -0.4 is 0 Å². The highest BCUT2D eigenvalue weighted by Gasteiger charge is 2.21. The first kappa shape index (κ1) is 34.2. The lowest BCUT2D eigenvalue weighted by Gasteiger charge is -2.15. The van der Waals surface area contributed by atoms with Crippen molar-refractivity contribution in [1.82, 2.24) is 19.9 Å². The average Bonchev–Trinajstić information content (AvgIpc) is 3.77. The van der Waals surface area contributed by atoms with Gasteiger partial charge in [0.15, 0.2) is 23.1 Å². The van der Waals surface area contributed by atoms with Crippen LogP contribution in [0.2, 0.25) is 0 Å². The van der Waals surface area contributed by atoms with E-state index in [1.807, 2.05) is 54.6 Å². The number of benzene rings is 9. The molecule has 0 atom stereocenters. The summed E-state index contributed by atoms with van der Waals surface area (Å²) in [6, 6.07) is 71.2. The summed E-state index contributed by atoms with van der Waals surface area (Å²) >= 11 is 0. The number of nitrogens with zero attached hydrogens (tertiary/aromatic N) is 4. The van der Waals surface area contributed by atoms with Crippen molar-refractivity contribution in [2.75, 3.05) is 0 Å². The van der Waals surface area contributed by atoms with E-state index < -0.39 is 0 Å². The lowest BCUT2D eigenvalue weighted by atomic mass is 9.93. The van der Waals surface area contributed by atoms with Crippen molar-refractivity contribution in [1.29, 1.82) is 0 Å². The van der Waals surface area contributed by atoms with Gasteiger partial charge in [-0.2, -0.15) is 0 Å². The van der Waals surface area contributed by atoms with Crippen LogP contribution >= 0.6 is 0 Å². The van der Waals surface area contributed by atoms with Crippen LogP contribution in [-0.4, -0.2) is 19.9 Å². The molecule has 5 nitrogen and oxygen atoms in total. The molecule has 276 valence electrons. The van der Waals surface area contributed by atoms with Gasteiger partial charge in [0.2, 0.25) is 5.89 Å². The van der Waals surface area contributed by atoms with E-state index in [1.54, 1.807) is 0 Å². The van der Waals surface area contributed by atoms with E-state index in [0.717, 1.165) is 88.3 Å². The minimum atomic E-state index is 0.576. The third kappa shape index (κ3) is 6.32. The molecule has 0 unspecified atom stereocenters. The summed E-state index contributed by atoms with van der Waals surface area (Å²) in [5, 5.41) is 4.23. The maximum Gasteiger partial charge on any atom is 0.227 e. The molecule has 0 spiro atoms. The van der Waals surface area contributed by atoms with Gasteiger partial charge >= 0.3 is 0 Å². The quantitative estimate of drug-likeness (QED) is 0.162. The Morgan fingerprint density at radius 3 is 1.53 bits per heavy atom. The molecule has 11 aromatic rings. The number of fused-ring (bicyclic) bond motifs is 4. The van der Waals surface area contributed by atoms with Crippen molar-refractivity contribution in [3.63, 3.8) is 0 Å². The third-order valence-electron chi connectivity index (χ3n) is 10.9. The first-order valence-electron chi connectivity index (χ1n) is 19.7. The molecular formula is C54H34N4O. The van der Waals surface area contributed by atoms with Crippen molar-refractivity contribution >= 4 is 32.6 Å². The Kier molecular flexibility index (Phi) is 8.41. The van der Waals surface area contributed by atoms with Crippen molar-refractivity contribution in [2.45, 2.75) is 0 Å². The molecule has 0 N–H and O–H groups in total. The van der Waals surface area contributed by atoms with Crippen molar-refractivity contribution in [3.8, 4) is 79.0 Å². The van der Waals surface area contributed by atoms with Crippen LogP contribution in [0, 0.1) is 0 Å². The Hall–Kier alpha value is -8.02. The van der Waals surface area contributed by atoms with E-state index in [4.69, 9.17) is 24.4 Å². The van der Waals surface area contributed by atoms with Crippen molar-refractivity contribution in [2.24, 2.45) is 0 Å². The number of rotatable bonds is 7. The van der Waals surface area contributed by atoms with Gasteiger partial charge in [0.25, 0.3) is 0 Å². The maximum absolute atomic E-state index is 6.61. The number of oxazole rings is 1. The molecule has 11 rings (SSSR count). The predicted octanol–water partition coefficient (Wildman–Crippen LogP) is 14.0. The molecule has 0 aliphatic rings. The Bertz CT molecular complexity index is 3260. The Labute approximate surface area is 341 Å². The lowest BCUT2D eigenvalue weighted by molar-refractivity contribution is 0.623. The van der Waals surface area contributed by atoms with Crippen LogP contribution in [-0.2, 0) is 0 Å². The molecule has 0 fully saturated rings. The van der Waals surface area contributed by atoms with Crippen LogP contribution in [0.25, 0.3) is 112 Å². The Balaban J connectivity index is 1.16. The second kappa shape index (κ2) is 14.5. The molecular weight excluding hydrogens is 721 g/mol. The van der Waals surface area contributed by atoms with Crippen molar-refractivity contribution < 1.29 is 4.42 Å². The molecule has 0 aliphatic carbocycles. The maximum atomic E-state index is 6.61. The summed E-state index contributed by atoms with van der Waals surface area (Å²) in [6.07, 6.45) is 0. The van der Waals surface area contributed by atoms with Gasteiger partial charge in [-0.3, -0.25) is 0 Å². The normalized spacial score (nSPS) is 11.4. The van der Waals surface area contributed by atoms with Gasteiger partial charge in [-0.1, -0.05) is 170 Å². The van der Waals surface area contributed by atoms with Crippen LogP contribution in [0.5, 0.6) is 0 Å². The molecule has 0 saturated heterocycles. The van der Waals surface area contributed by atoms with E-state index in [0.29, 0.717) is 23.4 Å². The van der Waals surface area contributed by atoms with Gasteiger partial charge in [0.05, 0.1) is 0 Å². The van der Waals surface area contributed by atoms with E-state index in [-0.39, 0.29) is 0 Å². The number of hydrogen-bond donors (Lipinski definition) is 0. The lowest BCUT2D eigenvalue weighted by Crippen LogP contribution is -2.02. The zero-order valence-electron chi connectivity index (χ0n) is 31.8. The zero-order chi connectivity index (χ0) is 39.1. The standard InChI is InChI=1S/C54H34N4O/c1-4-16-35(17-5-1)40-32-41(36-18-6-2-7-19-36)34-42(33-40)51-56-52(46-29-14-23-37-20-10-11-25-43(37)46)58-53(57-51)47-27-13-12-26-44(47)45-28-15-24-38-30-31-48-50(49(38)45)59-54(55-48)39-21-8-3-9-22-39/h1-34H. The minimum absolute atomic E-state index is 0.576. The molecule has 0 aliphatic heterocycles. The van der Waals surface area contributed by atoms with Crippen LogP contribution in [0.1, 0.15) is 0 Å². The first-order valence-corrected chi connectivity index (χ1v) is 19.7. The molecule has 9 aromatic carbocycles. The number of hydrogen-bond acceptors (Lipinski definition) is 5. The summed E-state index contributed by atoms with van der Waals surface area (Å²) in [4.78, 5) is 20.9. The monoisotopic (exact) mass is 754 g/mol. The average molecular weight is 755 g/mol. The fourth-order valence-electron chi connectivity index (χ4n) is 8.11. The third-order valence-corrected chi connectivity index (χ3v) is 10.9. The van der Waals surface area contributed by atoms with Gasteiger partial charge in [0, 0.05) is 27.6 Å². The van der Waals surface area contributed by atoms with Crippen LogP contribution in [0.4, 0.5) is 0 Å². The Morgan fingerprint density at radius 1 is 0.305 bits per heavy atom. The topological polar surface area (TPSA) is 64.7 Å². The van der Waals surface area contributed by atoms with Crippen LogP contribution in [0.15, 0.2) is 211 Å². The second-order valence-electron chi connectivity index (χ2n) is 14.6. The van der Waals surface area contributed by atoms with E-state index in [2.05, 4.69) is 152 Å². The SMILES string of the molecule is c1ccc(-c2cc(-c3ccccc3)cc(-c3nc(-c4ccccc4-c4cccc5ccc6nc(-c7ccccc7)oc6c45)nc(-c4cccc5ccccc45)n3)c2)cc1. The fourth-order valence-corrected chi connectivity index (χ4v) is 8.11. The summed E-state index contributed by atoms with van der Waals surface area (Å²) < 4.78 is 6.61. The number of aromatic nitrogens is 4. The largest absolute Gasteiger partial charge is 0.435 e. The summed E-state index contributed by atoms with van der Waals surface area (Å²) in [5.41, 5.74) is 11.6. The molecule has 2 heterocycles. The highest BCUT2D eigenvalue weighted by atomic mass is 16.3. The van der Waals surface area contributed by atoms with Gasteiger partial charge in [-0.25, -0.2) is 19.9 Å². The van der Waals surface area contributed by atoms with Crippen LogP contribution in [0.3, 0.4) is 0 Å². The smallest absolute Gasteiger partial charge is 0.227 e. The molecule has 2 aromatic heterocycles. The zero-order valence-corrected chi connectivity index (χ0v) is 31.8. The highest BCUT2D eigenvalue weighted by Crippen LogP contribution is 2.41. The molecule has 0 radical (unpaired) electrons. The second-order valence-corrected chi connectivity index (χ2v) is 14.6. The summed E-state index contributed by atoms with van der Waals surface area (Å²) in [7, 11) is 0. The van der Waals surface area contributed by atoms with Gasteiger partial charge in [-0.05, 0) is 85.9 Å².